The van der Waals surface area contributed by atoms with Gasteiger partial charge in [0.15, 0.2) is 0 Å². The Labute approximate surface area is 164 Å². The minimum absolute atomic E-state index is 0.214. The maximum atomic E-state index is 12.9. The average molecular weight is 376 g/mol. The van der Waals surface area contributed by atoms with E-state index in [1.165, 1.54) is 0 Å². The Morgan fingerprint density at radius 1 is 0.964 bits per heavy atom. The molecule has 144 valence electrons. The number of amides is 2. The number of hydrogen-bond donors (Lipinski definition) is 2. The van der Waals surface area contributed by atoms with Crippen molar-refractivity contribution in [2.24, 2.45) is 0 Å². The van der Waals surface area contributed by atoms with Gasteiger partial charge in [0.1, 0.15) is 11.9 Å². The molecule has 2 aromatic carbocycles. The van der Waals surface area contributed by atoms with Crippen molar-refractivity contribution in [1.82, 2.24) is 9.55 Å². The van der Waals surface area contributed by atoms with Crippen molar-refractivity contribution in [1.29, 1.82) is 0 Å². The number of imidazole rings is 1. The minimum atomic E-state index is -0.447. The molecule has 0 aliphatic carbocycles. The van der Waals surface area contributed by atoms with Gasteiger partial charge in [-0.05, 0) is 51.0 Å². The lowest BCUT2D eigenvalue weighted by molar-refractivity contribution is -0.118. The lowest BCUT2D eigenvalue weighted by atomic mass is 10.1. The fourth-order valence-electron chi connectivity index (χ4n) is 3.14. The number of para-hydroxylation sites is 2. The first-order valence-corrected chi connectivity index (χ1v) is 9.15. The standard InChI is InChI=1S/C22H24N4O2/c1-14-8-7-9-15(2)20(14)25-22(28)18-10-5-6-11-19(18)24-21(27)16(3)26-13-12-23-17(26)4/h5-13,16H,1-4H3,(H,24,27)(H,25,28)/t16-/m0/s1. The number of nitrogens with zero attached hydrogens (tertiary/aromatic N) is 2. The number of carbonyl (C=O) groups is 2. The van der Waals surface area contributed by atoms with Gasteiger partial charge < -0.3 is 15.2 Å². The summed E-state index contributed by atoms with van der Waals surface area (Å²) in [5.41, 5.74) is 3.64. The van der Waals surface area contributed by atoms with Gasteiger partial charge in [0.05, 0.1) is 11.3 Å². The average Bonchev–Trinajstić information content (AvgIpc) is 3.10. The van der Waals surface area contributed by atoms with Crippen molar-refractivity contribution in [3.63, 3.8) is 0 Å². The van der Waals surface area contributed by atoms with Crippen molar-refractivity contribution in [2.45, 2.75) is 33.7 Å². The molecule has 0 saturated carbocycles. The van der Waals surface area contributed by atoms with Gasteiger partial charge in [-0.15, -0.1) is 0 Å². The Kier molecular flexibility index (Phi) is 5.59. The van der Waals surface area contributed by atoms with Crippen LogP contribution in [0.3, 0.4) is 0 Å². The van der Waals surface area contributed by atoms with Crippen molar-refractivity contribution in [2.75, 3.05) is 10.6 Å². The Morgan fingerprint density at radius 2 is 1.64 bits per heavy atom. The van der Waals surface area contributed by atoms with Crippen LogP contribution < -0.4 is 10.6 Å². The fourth-order valence-corrected chi connectivity index (χ4v) is 3.14. The van der Waals surface area contributed by atoms with Crippen LogP contribution >= 0.6 is 0 Å². The summed E-state index contributed by atoms with van der Waals surface area (Å²) in [7, 11) is 0. The van der Waals surface area contributed by atoms with E-state index in [2.05, 4.69) is 15.6 Å². The molecule has 0 unspecified atom stereocenters. The summed E-state index contributed by atoms with van der Waals surface area (Å²) in [5.74, 6) is 0.275. The summed E-state index contributed by atoms with van der Waals surface area (Å²) in [6.45, 7) is 7.54. The van der Waals surface area contributed by atoms with Crippen molar-refractivity contribution >= 4 is 23.2 Å². The zero-order chi connectivity index (χ0) is 20.3. The SMILES string of the molecule is Cc1cccc(C)c1NC(=O)c1ccccc1NC(=O)[C@H](C)n1ccnc1C. The second-order valence-electron chi connectivity index (χ2n) is 6.81. The van der Waals surface area contributed by atoms with Gasteiger partial charge in [0.2, 0.25) is 5.91 Å². The highest BCUT2D eigenvalue weighted by atomic mass is 16.2. The smallest absolute Gasteiger partial charge is 0.257 e. The number of nitrogens with one attached hydrogen (secondary N) is 2. The van der Waals surface area contributed by atoms with Crippen molar-refractivity contribution in [3.8, 4) is 0 Å². The summed E-state index contributed by atoms with van der Waals surface area (Å²) in [6, 6.07) is 12.4. The zero-order valence-corrected chi connectivity index (χ0v) is 16.5. The number of aromatic nitrogens is 2. The molecule has 0 aliphatic heterocycles. The van der Waals surface area contributed by atoms with Gasteiger partial charge in [-0.25, -0.2) is 4.98 Å². The molecule has 3 rings (SSSR count). The molecular formula is C22H24N4O2. The van der Waals surface area contributed by atoms with E-state index >= 15 is 0 Å². The van der Waals surface area contributed by atoms with Gasteiger partial charge in [-0.2, -0.15) is 0 Å². The molecule has 2 amide bonds. The van der Waals surface area contributed by atoms with E-state index in [4.69, 9.17) is 0 Å². The third kappa shape index (κ3) is 3.96. The van der Waals surface area contributed by atoms with E-state index in [0.717, 1.165) is 22.6 Å². The van der Waals surface area contributed by atoms with Gasteiger partial charge in [-0.3, -0.25) is 9.59 Å². The molecule has 0 fully saturated rings. The van der Waals surface area contributed by atoms with Crippen molar-refractivity contribution < 1.29 is 9.59 Å². The van der Waals surface area contributed by atoms with E-state index in [1.807, 2.05) is 39.0 Å². The zero-order valence-electron chi connectivity index (χ0n) is 16.5. The van der Waals surface area contributed by atoms with E-state index in [1.54, 1.807) is 48.1 Å². The topological polar surface area (TPSA) is 76.0 Å². The Balaban J connectivity index is 1.82. The highest BCUT2D eigenvalue weighted by Gasteiger charge is 2.19. The highest BCUT2D eigenvalue weighted by Crippen LogP contribution is 2.23. The predicted octanol–water partition coefficient (Wildman–Crippen LogP) is 4.26. The molecule has 1 heterocycles. The molecule has 0 spiro atoms. The first-order valence-electron chi connectivity index (χ1n) is 9.15. The van der Waals surface area contributed by atoms with Crippen LogP contribution in [-0.4, -0.2) is 21.4 Å². The Morgan fingerprint density at radius 3 is 2.29 bits per heavy atom. The summed E-state index contributed by atoms with van der Waals surface area (Å²) in [6.07, 6.45) is 3.42. The quantitative estimate of drug-likeness (QED) is 0.698. The number of aryl methyl sites for hydroxylation is 3. The first-order chi connectivity index (χ1) is 13.4. The number of anilines is 2. The summed E-state index contributed by atoms with van der Waals surface area (Å²) in [5, 5.41) is 5.84. The highest BCUT2D eigenvalue weighted by molar-refractivity contribution is 6.10. The van der Waals surface area contributed by atoms with Crippen LogP contribution in [0, 0.1) is 20.8 Å². The summed E-state index contributed by atoms with van der Waals surface area (Å²) >= 11 is 0. The number of benzene rings is 2. The minimum Gasteiger partial charge on any atom is -0.324 e. The van der Waals surface area contributed by atoms with E-state index in [-0.39, 0.29) is 11.8 Å². The van der Waals surface area contributed by atoms with Crippen LogP contribution in [0.2, 0.25) is 0 Å². The van der Waals surface area contributed by atoms with E-state index in [0.29, 0.717) is 11.3 Å². The van der Waals surface area contributed by atoms with Crippen LogP contribution in [0.4, 0.5) is 11.4 Å². The number of carbonyl (C=O) groups excluding carboxylic acids is 2. The third-order valence-corrected chi connectivity index (χ3v) is 4.81. The van der Waals surface area contributed by atoms with Crippen LogP contribution in [0.25, 0.3) is 0 Å². The lowest BCUT2D eigenvalue weighted by Crippen LogP contribution is -2.25. The maximum Gasteiger partial charge on any atom is 0.257 e. The van der Waals surface area contributed by atoms with Crippen molar-refractivity contribution in [3.05, 3.63) is 77.4 Å². The molecule has 0 bridgehead atoms. The number of rotatable bonds is 5. The van der Waals surface area contributed by atoms with Gasteiger partial charge in [0, 0.05) is 18.1 Å². The molecule has 6 nitrogen and oxygen atoms in total. The van der Waals surface area contributed by atoms with Crippen LogP contribution in [0.5, 0.6) is 0 Å². The lowest BCUT2D eigenvalue weighted by Gasteiger charge is -2.17. The largest absolute Gasteiger partial charge is 0.324 e. The fraction of sp³-hybridized carbons (Fsp3) is 0.227. The Hall–Kier alpha value is -3.41. The second-order valence-corrected chi connectivity index (χ2v) is 6.81. The molecule has 28 heavy (non-hydrogen) atoms. The maximum absolute atomic E-state index is 12.9. The Bertz CT molecular complexity index is 1000. The molecule has 1 atom stereocenters. The third-order valence-electron chi connectivity index (χ3n) is 4.81. The normalized spacial score (nSPS) is 11.7. The molecule has 0 aliphatic rings. The molecule has 2 N–H and O–H groups in total. The number of hydrogen-bond acceptors (Lipinski definition) is 3. The molecule has 0 saturated heterocycles. The predicted molar refractivity (Wildman–Crippen MR) is 111 cm³/mol. The van der Waals surface area contributed by atoms with Gasteiger partial charge in [0.25, 0.3) is 5.91 Å². The van der Waals surface area contributed by atoms with Crippen LogP contribution in [-0.2, 0) is 4.79 Å². The molecule has 3 aromatic rings. The molecule has 1 aromatic heterocycles. The van der Waals surface area contributed by atoms with Gasteiger partial charge >= 0.3 is 0 Å². The molecule has 6 heteroatoms. The van der Waals surface area contributed by atoms with Crippen LogP contribution in [0.1, 0.15) is 40.3 Å². The van der Waals surface area contributed by atoms with Crippen LogP contribution in [0.15, 0.2) is 54.9 Å². The second kappa shape index (κ2) is 8.08. The summed E-state index contributed by atoms with van der Waals surface area (Å²) < 4.78 is 1.79. The molecular weight excluding hydrogens is 352 g/mol. The molecule has 0 radical (unpaired) electrons. The summed E-state index contributed by atoms with van der Waals surface area (Å²) in [4.78, 5) is 29.8. The monoisotopic (exact) mass is 376 g/mol. The van der Waals surface area contributed by atoms with E-state index < -0.39 is 6.04 Å². The van der Waals surface area contributed by atoms with E-state index in [9.17, 15) is 9.59 Å². The van der Waals surface area contributed by atoms with Gasteiger partial charge in [-0.1, -0.05) is 30.3 Å². The first kappa shape index (κ1) is 19.4.